The quantitative estimate of drug-likeness (QED) is 0.899. The van der Waals surface area contributed by atoms with Crippen LogP contribution in [0.15, 0.2) is 12.1 Å². The maximum Gasteiger partial charge on any atom is 0.257 e. The number of carbonyl (C=O) groups is 1. The molecular formula is C14H18ClF3N2O. The largest absolute Gasteiger partial charge is 0.352 e. The van der Waals surface area contributed by atoms with Crippen LogP contribution < -0.4 is 11.1 Å². The number of rotatable bonds is 3. The summed E-state index contributed by atoms with van der Waals surface area (Å²) in [7, 11) is 0. The Morgan fingerprint density at radius 3 is 2.43 bits per heavy atom. The Balaban J connectivity index is 0.00000220. The maximum absolute atomic E-state index is 13.4. The Kier molecular flexibility index (Phi) is 6.48. The molecule has 1 saturated carbocycles. The summed E-state index contributed by atoms with van der Waals surface area (Å²) in [5.74, 6) is -4.08. The monoisotopic (exact) mass is 322 g/mol. The highest BCUT2D eigenvalue weighted by Gasteiger charge is 2.22. The molecule has 3 nitrogen and oxygen atoms in total. The van der Waals surface area contributed by atoms with E-state index >= 15 is 0 Å². The number of carbonyl (C=O) groups excluding carboxylic acids is 1. The van der Waals surface area contributed by atoms with Gasteiger partial charge < -0.3 is 11.1 Å². The van der Waals surface area contributed by atoms with Crippen LogP contribution in [0.4, 0.5) is 13.2 Å². The standard InChI is InChI=1S/C14H17F3N2O.ClH/c15-9-5-11(16)13(12(17)6-9)14(20)19-7-8-2-1-3-10(18)4-8;/h5-6,8,10H,1-4,7,18H2,(H,19,20);1H. The van der Waals surface area contributed by atoms with Crippen LogP contribution in [0.3, 0.4) is 0 Å². The van der Waals surface area contributed by atoms with Gasteiger partial charge in [-0.15, -0.1) is 12.4 Å². The maximum atomic E-state index is 13.4. The molecule has 1 aromatic carbocycles. The molecule has 1 aliphatic carbocycles. The molecule has 2 unspecified atom stereocenters. The predicted molar refractivity (Wildman–Crippen MR) is 75.8 cm³/mol. The molecule has 1 amide bonds. The summed E-state index contributed by atoms with van der Waals surface area (Å²) < 4.78 is 39.6. The fraction of sp³-hybridized carbons (Fsp3) is 0.500. The van der Waals surface area contributed by atoms with E-state index in [0.29, 0.717) is 18.7 Å². The molecule has 21 heavy (non-hydrogen) atoms. The Labute approximate surface area is 127 Å². The van der Waals surface area contributed by atoms with Gasteiger partial charge in [0.1, 0.15) is 23.0 Å². The van der Waals surface area contributed by atoms with Crippen LogP contribution in [0, 0.1) is 23.4 Å². The van der Waals surface area contributed by atoms with Gasteiger partial charge in [-0.1, -0.05) is 6.42 Å². The highest BCUT2D eigenvalue weighted by atomic mass is 35.5. The summed E-state index contributed by atoms with van der Waals surface area (Å²) in [5, 5.41) is 2.49. The number of nitrogens with one attached hydrogen (secondary N) is 1. The van der Waals surface area contributed by atoms with E-state index in [0.717, 1.165) is 25.7 Å². The van der Waals surface area contributed by atoms with Gasteiger partial charge in [-0.3, -0.25) is 4.79 Å². The minimum absolute atomic E-state index is 0. The smallest absolute Gasteiger partial charge is 0.257 e. The van der Waals surface area contributed by atoms with Crippen LogP contribution in [-0.4, -0.2) is 18.5 Å². The minimum atomic E-state index is -1.19. The lowest BCUT2D eigenvalue weighted by Gasteiger charge is -2.26. The van der Waals surface area contributed by atoms with Gasteiger partial charge in [0, 0.05) is 24.7 Å². The summed E-state index contributed by atoms with van der Waals surface area (Å²) in [5.41, 5.74) is 5.09. The zero-order chi connectivity index (χ0) is 14.7. The normalized spacial score (nSPS) is 21.5. The third kappa shape index (κ3) is 4.61. The van der Waals surface area contributed by atoms with Crippen LogP contribution in [0.2, 0.25) is 0 Å². The van der Waals surface area contributed by atoms with Gasteiger partial charge in [-0.05, 0) is 25.2 Å². The van der Waals surface area contributed by atoms with Gasteiger partial charge in [0.25, 0.3) is 5.91 Å². The number of nitrogens with two attached hydrogens (primary N) is 1. The third-order valence-electron chi connectivity index (χ3n) is 3.61. The van der Waals surface area contributed by atoms with E-state index in [-0.39, 0.29) is 24.4 Å². The van der Waals surface area contributed by atoms with Crippen molar-refractivity contribution in [3.63, 3.8) is 0 Å². The van der Waals surface area contributed by atoms with Crippen molar-refractivity contribution in [2.75, 3.05) is 6.54 Å². The molecule has 1 aromatic rings. The molecule has 1 aliphatic rings. The second-order valence-electron chi connectivity index (χ2n) is 5.25. The lowest BCUT2D eigenvalue weighted by atomic mass is 9.86. The average molecular weight is 323 g/mol. The first-order valence-electron chi connectivity index (χ1n) is 6.65. The highest BCUT2D eigenvalue weighted by Crippen LogP contribution is 2.22. The van der Waals surface area contributed by atoms with Crippen LogP contribution >= 0.6 is 12.4 Å². The molecule has 0 radical (unpaired) electrons. The van der Waals surface area contributed by atoms with Crippen LogP contribution in [0.1, 0.15) is 36.0 Å². The average Bonchev–Trinajstić information content (AvgIpc) is 2.35. The van der Waals surface area contributed by atoms with Gasteiger partial charge in [0.05, 0.1) is 0 Å². The fourth-order valence-corrected chi connectivity index (χ4v) is 2.60. The topological polar surface area (TPSA) is 55.1 Å². The van der Waals surface area contributed by atoms with E-state index in [2.05, 4.69) is 5.32 Å². The molecular weight excluding hydrogens is 305 g/mol. The first kappa shape index (κ1) is 17.8. The summed E-state index contributed by atoms with van der Waals surface area (Å²) in [6.45, 7) is 0.322. The van der Waals surface area contributed by atoms with Crippen molar-refractivity contribution >= 4 is 18.3 Å². The summed E-state index contributed by atoms with van der Waals surface area (Å²) in [4.78, 5) is 11.8. The van der Waals surface area contributed by atoms with Gasteiger partial charge in [0.15, 0.2) is 0 Å². The molecule has 1 fully saturated rings. The molecule has 0 bridgehead atoms. The molecule has 0 aliphatic heterocycles. The van der Waals surface area contributed by atoms with Crippen molar-refractivity contribution in [2.45, 2.75) is 31.7 Å². The Morgan fingerprint density at radius 1 is 1.24 bits per heavy atom. The van der Waals surface area contributed by atoms with Crippen LogP contribution in [0.5, 0.6) is 0 Å². The molecule has 0 aromatic heterocycles. The number of amides is 1. The van der Waals surface area contributed by atoms with Crippen LogP contribution in [-0.2, 0) is 0 Å². The Hall–Kier alpha value is -1.27. The van der Waals surface area contributed by atoms with Gasteiger partial charge in [-0.2, -0.15) is 0 Å². The molecule has 118 valence electrons. The SMILES string of the molecule is Cl.NC1CCCC(CNC(=O)c2c(F)cc(F)cc2F)C1. The zero-order valence-electron chi connectivity index (χ0n) is 11.4. The second-order valence-corrected chi connectivity index (χ2v) is 5.25. The van der Waals surface area contributed by atoms with Gasteiger partial charge >= 0.3 is 0 Å². The van der Waals surface area contributed by atoms with Gasteiger partial charge in [0.2, 0.25) is 0 Å². The lowest BCUT2D eigenvalue weighted by molar-refractivity contribution is 0.0934. The predicted octanol–water partition coefficient (Wildman–Crippen LogP) is 2.77. The second kappa shape index (κ2) is 7.66. The molecule has 0 saturated heterocycles. The Bertz CT molecular complexity index is 490. The third-order valence-corrected chi connectivity index (χ3v) is 3.61. The summed E-state index contributed by atoms with van der Waals surface area (Å²) in [6.07, 6.45) is 3.67. The van der Waals surface area contributed by atoms with Crippen molar-refractivity contribution in [3.8, 4) is 0 Å². The van der Waals surface area contributed by atoms with Crippen molar-refractivity contribution in [3.05, 3.63) is 35.1 Å². The highest BCUT2D eigenvalue weighted by molar-refractivity contribution is 5.94. The van der Waals surface area contributed by atoms with Gasteiger partial charge in [-0.25, -0.2) is 13.2 Å². The minimum Gasteiger partial charge on any atom is -0.352 e. The van der Waals surface area contributed by atoms with Crippen molar-refractivity contribution < 1.29 is 18.0 Å². The first-order valence-corrected chi connectivity index (χ1v) is 6.65. The van der Waals surface area contributed by atoms with Crippen molar-refractivity contribution in [1.82, 2.24) is 5.32 Å². The Morgan fingerprint density at radius 2 is 1.86 bits per heavy atom. The van der Waals surface area contributed by atoms with E-state index in [1.165, 1.54) is 0 Å². The summed E-state index contributed by atoms with van der Waals surface area (Å²) in [6, 6.07) is 1.10. The number of hydrogen-bond donors (Lipinski definition) is 2. The molecule has 3 N–H and O–H groups in total. The zero-order valence-corrected chi connectivity index (χ0v) is 12.2. The summed E-state index contributed by atoms with van der Waals surface area (Å²) >= 11 is 0. The van der Waals surface area contributed by atoms with Crippen molar-refractivity contribution in [2.24, 2.45) is 11.7 Å². The van der Waals surface area contributed by atoms with E-state index in [1.54, 1.807) is 0 Å². The van der Waals surface area contributed by atoms with Crippen LogP contribution in [0.25, 0.3) is 0 Å². The molecule has 0 spiro atoms. The number of hydrogen-bond acceptors (Lipinski definition) is 2. The first-order chi connectivity index (χ1) is 9.47. The number of benzene rings is 1. The number of halogens is 4. The lowest BCUT2D eigenvalue weighted by Crippen LogP contribution is -2.36. The van der Waals surface area contributed by atoms with E-state index < -0.39 is 28.9 Å². The molecule has 2 rings (SSSR count). The van der Waals surface area contributed by atoms with E-state index in [9.17, 15) is 18.0 Å². The molecule has 2 atom stereocenters. The molecule has 7 heteroatoms. The van der Waals surface area contributed by atoms with E-state index in [4.69, 9.17) is 5.73 Å². The van der Waals surface area contributed by atoms with E-state index in [1.807, 2.05) is 0 Å². The molecule has 0 heterocycles. The van der Waals surface area contributed by atoms with Crippen molar-refractivity contribution in [1.29, 1.82) is 0 Å². The fourth-order valence-electron chi connectivity index (χ4n) is 2.60.